The van der Waals surface area contributed by atoms with Crippen LogP contribution in [0.3, 0.4) is 0 Å². The van der Waals surface area contributed by atoms with Crippen LogP contribution in [0.2, 0.25) is 0 Å². The number of amides is 2. The van der Waals surface area contributed by atoms with E-state index in [9.17, 15) is 4.79 Å². The summed E-state index contributed by atoms with van der Waals surface area (Å²) in [5.74, 6) is 0. The van der Waals surface area contributed by atoms with E-state index in [1.807, 2.05) is 37.3 Å². The molecule has 16 heavy (non-hydrogen) atoms. The Morgan fingerprint density at radius 3 is 2.31 bits per heavy atom. The molecule has 0 unspecified atom stereocenters. The fourth-order valence-corrected chi connectivity index (χ4v) is 1.34. The van der Waals surface area contributed by atoms with Gasteiger partial charge in [0.1, 0.15) is 0 Å². The first-order valence-electron chi connectivity index (χ1n) is 5.20. The number of hydrogen-bond donors (Lipinski definition) is 0. The maximum absolute atomic E-state index is 11.9. The summed E-state index contributed by atoms with van der Waals surface area (Å²) in [5, 5.41) is 0. The predicted octanol–water partition coefficient (Wildman–Crippen LogP) is 2.70. The standard InChI is InChI=1S/C13H18N2O/c1-11(2)15(4)13(16)14(3)10-12-8-6-5-7-9-12/h5-9H,1,10H2,2-4H3. The van der Waals surface area contributed by atoms with Crippen molar-refractivity contribution < 1.29 is 4.79 Å². The third-order valence-electron chi connectivity index (χ3n) is 2.45. The van der Waals surface area contributed by atoms with Gasteiger partial charge in [-0.3, -0.25) is 0 Å². The molecule has 3 heteroatoms. The van der Waals surface area contributed by atoms with Crippen LogP contribution in [0.15, 0.2) is 42.6 Å². The molecule has 1 rings (SSSR count). The smallest absolute Gasteiger partial charge is 0.323 e. The highest BCUT2D eigenvalue weighted by molar-refractivity contribution is 5.75. The fourth-order valence-electron chi connectivity index (χ4n) is 1.34. The normalized spacial score (nSPS) is 9.69. The number of urea groups is 1. The van der Waals surface area contributed by atoms with E-state index in [1.54, 1.807) is 23.9 Å². The zero-order valence-electron chi connectivity index (χ0n) is 10.1. The molecule has 0 aliphatic rings. The van der Waals surface area contributed by atoms with E-state index in [4.69, 9.17) is 0 Å². The van der Waals surface area contributed by atoms with Gasteiger partial charge in [0.25, 0.3) is 0 Å². The molecule has 0 heterocycles. The molecule has 0 bridgehead atoms. The molecule has 0 fully saturated rings. The van der Waals surface area contributed by atoms with Gasteiger partial charge in [0.15, 0.2) is 0 Å². The zero-order chi connectivity index (χ0) is 12.1. The molecule has 2 amide bonds. The molecule has 0 aliphatic heterocycles. The summed E-state index contributed by atoms with van der Waals surface area (Å²) < 4.78 is 0. The van der Waals surface area contributed by atoms with Crippen molar-refractivity contribution in [2.75, 3.05) is 14.1 Å². The van der Waals surface area contributed by atoms with Crippen LogP contribution in [-0.2, 0) is 6.54 Å². The molecule has 0 atom stereocenters. The van der Waals surface area contributed by atoms with Gasteiger partial charge in [-0.15, -0.1) is 0 Å². The van der Waals surface area contributed by atoms with Gasteiger partial charge in [-0.05, 0) is 12.5 Å². The number of carbonyl (C=O) groups is 1. The average molecular weight is 218 g/mol. The Morgan fingerprint density at radius 2 is 1.81 bits per heavy atom. The topological polar surface area (TPSA) is 23.6 Å². The van der Waals surface area contributed by atoms with Gasteiger partial charge < -0.3 is 9.80 Å². The first-order chi connectivity index (χ1) is 7.52. The highest BCUT2D eigenvalue weighted by Gasteiger charge is 2.14. The lowest BCUT2D eigenvalue weighted by atomic mass is 10.2. The number of rotatable bonds is 3. The Morgan fingerprint density at radius 1 is 1.25 bits per heavy atom. The van der Waals surface area contributed by atoms with Crippen LogP contribution in [0.25, 0.3) is 0 Å². The first-order valence-corrected chi connectivity index (χ1v) is 5.20. The maximum Gasteiger partial charge on any atom is 0.323 e. The van der Waals surface area contributed by atoms with Gasteiger partial charge in [-0.2, -0.15) is 0 Å². The van der Waals surface area contributed by atoms with Crippen LogP contribution < -0.4 is 0 Å². The molecule has 0 saturated heterocycles. The van der Waals surface area contributed by atoms with Crippen molar-refractivity contribution in [3.05, 3.63) is 48.2 Å². The summed E-state index contributed by atoms with van der Waals surface area (Å²) >= 11 is 0. The summed E-state index contributed by atoms with van der Waals surface area (Å²) in [4.78, 5) is 15.1. The molecule has 0 aromatic heterocycles. The van der Waals surface area contributed by atoms with Crippen molar-refractivity contribution in [2.24, 2.45) is 0 Å². The fraction of sp³-hybridized carbons (Fsp3) is 0.308. The van der Waals surface area contributed by atoms with Crippen LogP contribution in [0.4, 0.5) is 4.79 Å². The van der Waals surface area contributed by atoms with Gasteiger partial charge in [0.2, 0.25) is 0 Å². The summed E-state index contributed by atoms with van der Waals surface area (Å²) in [5.41, 5.74) is 1.86. The van der Waals surface area contributed by atoms with E-state index >= 15 is 0 Å². The third-order valence-corrected chi connectivity index (χ3v) is 2.45. The molecule has 1 aromatic rings. The minimum absolute atomic E-state index is 0.0450. The number of hydrogen-bond acceptors (Lipinski definition) is 1. The maximum atomic E-state index is 11.9. The van der Waals surface area contributed by atoms with E-state index in [2.05, 4.69) is 6.58 Å². The molecular weight excluding hydrogens is 200 g/mol. The summed E-state index contributed by atoms with van der Waals surface area (Å²) in [7, 11) is 3.51. The minimum atomic E-state index is -0.0450. The van der Waals surface area contributed by atoms with Crippen LogP contribution >= 0.6 is 0 Å². The van der Waals surface area contributed by atoms with Crippen LogP contribution in [0, 0.1) is 0 Å². The highest BCUT2D eigenvalue weighted by Crippen LogP contribution is 2.07. The van der Waals surface area contributed by atoms with Crippen LogP contribution in [0.1, 0.15) is 12.5 Å². The Balaban J connectivity index is 2.62. The molecule has 0 saturated carbocycles. The van der Waals surface area contributed by atoms with E-state index in [1.165, 1.54) is 0 Å². The Hall–Kier alpha value is -1.77. The SMILES string of the molecule is C=C(C)N(C)C(=O)N(C)Cc1ccccc1. The summed E-state index contributed by atoms with van der Waals surface area (Å²) in [6.07, 6.45) is 0. The summed E-state index contributed by atoms with van der Waals surface area (Å²) in [6.45, 7) is 6.17. The van der Waals surface area contributed by atoms with Crippen molar-refractivity contribution >= 4 is 6.03 Å². The number of allylic oxidation sites excluding steroid dienone is 1. The molecular formula is C13H18N2O. The van der Waals surface area contributed by atoms with Gasteiger partial charge in [-0.1, -0.05) is 36.9 Å². The van der Waals surface area contributed by atoms with E-state index in [-0.39, 0.29) is 6.03 Å². The van der Waals surface area contributed by atoms with Crippen molar-refractivity contribution in [2.45, 2.75) is 13.5 Å². The van der Waals surface area contributed by atoms with Crippen LogP contribution in [0.5, 0.6) is 0 Å². The van der Waals surface area contributed by atoms with Crippen molar-refractivity contribution in [3.8, 4) is 0 Å². The zero-order valence-corrected chi connectivity index (χ0v) is 10.1. The van der Waals surface area contributed by atoms with Crippen molar-refractivity contribution in [1.82, 2.24) is 9.80 Å². The largest absolute Gasteiger partial charge is 0.323 e. The Kier molecular flexibility index (Phi) is 4.11. The quantitative estimate of drug-likeness (QED) is 0.765. The first kappa shape index (κ1) is 12.3. The second kappa shape index (κ2) is 5.35. The molecule has 0 N–H and O–H groups in total. The van der Waals surface area contributed by atoms with Crippen LogP contribution in [-0.4, -0.2) is 29.9 Å². The molecule has 0 spiro atoms. The highest BCUT2D eigenvalue weighted by atomic mass is 16.2. The number of carbonyl (C=O) groups excluding carboxylic acids is 1. The van der Waals surface area contributed by atoms with E-state index < -0.39 is 0 Å². The third kappa shape index (κ3) is 3.12. The Bertz CT molecular complexity index is 373. The molecule has 0 radical (unpaired) electrons. The molecule has 0 aliphatic carbocycles. The lowest BCUT2D eigenvalue weighted by molar-refractivity contribution is 0.182. The van der Waals surface area contributed by atoms with Gasteiger partial charge >= 0.3 is 6.03 Å². The number of benzene rings is 1. The second-order valence-electron chi connectivity index (χ2n) is 3.92. The summed E-state index contributed by atoms with van der Waals surface area (Å²) in [6, 6.07) is 9.86. The average Bonchev–Trinajstić information content (AvgIpc) is 2.28. The van der Waals surface area contributed by atoms with Crippen molar-refractivity contribution in [1.29, 1.82) is 0 Å². The monoisotopic (exact) mass is 218 g/mol. The minimum Gasteiger partial charge on any atom is -0.323 e. The molecule has 86 valence electrons. The Labute approximate surface area is 97.0 Å². The van der Waals surface area contributed by atoms with E-state index in [0.717, 1.165) is 11.3 Å². The predicted molar refractivity (Wildman–Crippen MR) is 65.9 cm³/mol. The lowest BCUT2D eigenvalue weighted by Gasteiger charge is -2.24. The van der Waals surface area contributed by atoms with Gasteiger partial charge in [0, 0.05) is 26.3 Å². The molecule has 1 aromatic carbocycles. The molecule has 3 nitrogen and oxygen atoms in total. The lowest BCUT2D eigenvalue weighted by Crippen LogP contribution is -2.37. The van der Waals surface area contributed by atoms with E-state index in [0.29, 0.717) is 6.54 Å². The van der Waals surface area contributed by atoms with Gasteiger partial charge in [-0.25, -0.2) is 4.79 Å². The second-order valence-corrected chi connectivity index (χ2v) is 3.92. The van der Waals surface area contributed by atoms with Crippen molar-refractivity contribution in [3.63, 3.8) is 0 Å². The number of nitrogens with zero attached hydrogens (tertiary/aromatic N) is 2. The van der Waals surface area contributed by atoms with Gasteiger partial charge in [0.05, 0.1) is 0 Å².